The highest BCUT2D eigenvalue weighted by molar-refractivity contribution is 9.10. The van der Waals surface area contributed by atoms with Crippen LogP contribution in [0.15, 0.2) is 16.6 Å². The van der Waals surface area contributed by atoms with Gasteiger partial charge in [0, 0.05) is 28.9 Å². The predicted octanol–water partition coefficient (Wildman–Crippen LogP) is 0.324. The van der Waals surface area contributed by atoms with Crippen molar-refractivity contribution in [3.8, 4) is 0 Å². The highest BCUT2D eigenvalue weighted by Crippen LogP contribution is 2.30. The summed E-state index contributed by atoms with van der Waals surface area (Å²) in [5, 5.41) is 0. The fourth-order valence-electron chi connectivity index (χ4n) is 2.40. The first-order chi connectivity index (χ1) is 7.09. The van der Waals surface area contributed by atoms with Crippen molar-refractivity contribution in [3.05, 3.63) is 27.7 Å². The number of fused-ring (bicyclic) bond motifs is 1. The molecule has 1 aromatic carbocycles. The van der Waals surface area contributed by atoms with Crippen LogP contribution in [-0.4, -0.2) is 20.1 Å². The maximum absolute atomic E-state index is 4.12. The van der Waals surface area contributed by atoms with Crippen molar-refractivity contribution >= 4 is 21.6 Å². The molecule has 1 atom stereocenters. The Labute approximate surface area is 99.6 Å². The van der Waals surface area contributed by atoms with E-state index in [1.165, 1.54) is 40.5 Å². The van der Waals surface area contributed by atoms with Gasteiger partial charge in [0.15, 0.2) is 0 Å². The summed E-state index contributed by atoms with van der Waals surface area (Å²) in [6, 6.07) is 5.01. The average molecular weight is 271 g/mol. The largest absolute Gasteiger partial charge is 0.337 e. The van der Waals surface area contributed by atoms with Crippen LogP contribution in [-0.2, 0) is 12.8 Å². The van der Waals surface area contributed by atoms with Crippen molar-refractivity contribution in [1.29, 1.82) is 0 Å². The van der Waals surface area contributed by atoms with Gasteiger partial charge in [-0.25, -0.2) is 0 Å². The number of quaternary nitrogens is 2. The van der Waals surface area contributed by atoms with Crippen LogP contribution in [0, 0.1) is 0 Å². The molecule has 1 aliphatic carbocycles. The first kappa shape index (κ1) is 11.1. The molecular weight excluding hydrogens is 252 g/mol. The Balaban J connectivity index is 2.36. The van der Waals surface area contributed by atoms with E-state index in [1.54, 1.807) is 4.90 Å². The monoisotopic (exact) mass is 270 g/mol. The van der Waals surface area contributed by atoms with Crippen molar-refractivity contribution < 1.29 is 10.6 Å². The molecule has 1 aromatic rings. The normalized spacial score (nSPS) is 20.5. The number of hydrogen-bond acceptors (Lipinski definition) is 0. The minimum absolute atomic E-state index is 0.760. The first-order valence-electron chi connectivity index (χ1n) is 5.52. The van der Waals surface area contributed by atoms with Crippen molar-refractivity contribution in [2.24, 2.45) is 0 Å². The lowest BCUT2D eigenvalue weighted by molar-refractivity contribution is -0.886. The molecule has 0 bridgehead atoms. The summed E-state index contributed by atoms with van der Waals surface area (Å²) in [7, 11) is 4.50. The molecule has 0 aromatic heterocycles. The second-order valence-electron chi connectivity index (χ2n) is 4.68. The van der Waals surface area contributed by atoms with Crippen LogP contribution >= 0.6 is 15.9 Å². The molecule has 1 unspecified atom stereocenters. The van der Waals surface area contributed by atoms with Gasteiger partial charge in [0.05, 0.1) is 20.1 Å². The van der Waals surface area contributed by atoms with E-state index >= 15 is 0 Å². The minimum Gasteiger partial charge on any atom is -0.337 e. The zero-order valence-electron chi connectivity index (χ0n) is 9.44. The molecule has 0 radical (unpaired) electrons. The summed E-state index contributed by atoms with van der Waals surface area (Å²) in [6.45, 7) is 0. The Bertz CT molecular complexity index is 374. The second-order valence-corrected chi connectivity index (χ2v) is 5.54. The third kappa shape index (κ3) is 2.10. The third-order valence-corrected chi connectivity index (χ3v) is 4.22. The minimum atomic E-state index is 0.760. The highest BCUT2D eigenvalue weighted by Gasteiger charge is 2.26. The van der Waals surface area contributed by atoms with Crippen LogP contribution in [0.1, 0.15) is 17.5 Å². The lowest BCUT2D eigenvalue weighted by atomic mass is 9.87. The lowest BCUT2D eigenvalue weighted by Gasteiger charge is -2.27. The van der Waals surface area contributed by atoms with E-state index in [0.717, 1.165) is 6.04 Å². The van der Waals surface area contributed by atoms with Gasteiger partial charge in [-0.2, -0.15) is 0 Å². The van der Waals surface area contributed by atoms with Crippen LogP contribution in [0.3, 0.4) is 0 Å². The highest BCUT2D eigenvalue weighted by atomic mass is 79.9. The SMILES string of the molecule is C[NH+](C)C1CCc2c([NH3+])ccc(Br)c2C1. The van der Waals surface area contributed by atoms with E-state index in [9.17, 15) is 0 Å². The van der Waals surface area contributed by atoms with Crippen molar-refractivity contribution in [2.75, 3.05) is 14.1 Å². The Hall–Kier alpha value is -0.380. The van der Waals surface area contributed by atoms with Gasteiger partial charge >= 0.3 is 0 Å². The van der Waals surface area contributed by atoms with Gasteiger partial charge in [0.25, 0.3) is 0 Å². The van der Waals surface area contributed by atoms with Gasteiger partial charge in [0.2, 0.25) is 0 Å². The number of halogens is 1. The van der Waals surface area contributed by atoms with Crippen molar-refractivity contribution in [2.45, 2.75) is 25.3 Å². The molecule has 0 spiro atoms. The van der Waals surface area contributed by atoms with Crippen LogP contribution < -0.4 is 10.6 Å². The summed E-state index contributed by atoms with van der Waals surface area (Å²) in [4.78, 5) is 1.56. The molecule has 2 nitrogen and oxygen atoms in total. The first-order valence-corrected chi connectivity index (χ1v) is 6.31. The molecule has 0 heterocycles. The number of likely N-dealkylation sites (N-methyl/N-ethyl adjacent to an activating group) is 1. The molecule has 0 amide bonds. The van der Waals surface area contributed by atoms with E-state index in [0.29, 0.717) is 0 Å². The summed E-state index contributed by atoms with van der Waals surface area (Å²) in [6.07, 6.45) is 3.65. The third-order valence-electron chi connectivity index (χ3n) is 3.48. The molecular formula is C12H19BrN2+2. The molecule has 0 saturated heterocycles. The molecule has 82 valence electrons. The van der Waals surface area contributed by atoms with Crippen LogP contribution in [0.5, 0.6) is 0 Å². The van der Waals surface area contributed by atoms with E-state index in [1.807, 2.05) is 0 Å². The standard InChI is InChI=1S/C12H17BrN2/c1-15(2)8-3-4-9-10(7-8)11(13)5-6-12(9)14/h5-6,8H,3-4,7,14H2,1-2H3/p+2. The fourth-order valence-corrected chi connectivity index (χ4v) is 2.94. The average Bonchev–Trinajstić information content (AvgIpc) is 2.23. The van der Waals surface area contributed by atoms with Gasteiger partial charge in [-0.15, -0.1) is 0 Å². The lowest BCUT2D eigenvalue weighted by Crippen LogP contribution is -3.10. The molecule has 4 N–H and O–H groups in total. The maximum Gasteiger partial charge on any atom is 0.131 e. The topological polar surface area (TPSA) is 32.1 Å². The van der Waals surface area contributed by atoms with Crippen molar-refractivity contribution in [1.82, 2.24) is 0 Å². The molecule has 0 saturated carbocycles. The van der Waals surface area contributed by atoms with E-state index in [-0.39, 0.29) is 0 Å². The zero-order valence-corrected chi connectivity index (χ0v) is 11.0. The number of nitrogens with one attached hydrogen (secondary N) is 1. The fraction of sp³-hybridized carbons (Fsp3) is 0.500. The molecule has 15 heavy (non-hydrogen) atoms. The van der Waals surface area contributed by atoms with Gasteiger partial charge in [-0.1, -0.05) is 15.9 Å². The second kappa shape index (κ2) is 4.24. The smallest absolute Gasteiger partial charge is 0.131 e. The van der Waals surface area contributed by atoms with Gasteiger partial charge in [-0.3, -0.25) is 0 Å². The summed E-state index contributed by atoms with van der Waals surface area (Å²) in [5.41, 5.74) is 8.29. The molecule has 0 aliphatic heterocycles. The Morgan fingerprint density at radius 2 is 2.07 bits per heavy atom. The Kier molecular flexibility index (Phi) is 3.14. The quantitative estimate of drug-likeness (QED) is 0.737. The van der Waals surface area contributed by atoms with Gasteiger partial charge < -0.3 is 10.6 Å². The number of hydrogen-bond donors (Lipinski definition) is 2. The van der Waals surface area contributed by atoms with Crippen molar-refractivity contribution in [3.63, 3.8) is 0 Å². The summed E-state index contributed by atoms with van der Waals surface area (Å²) in [5.74, 6) is 0. The van der Waals surface area contributed by atoms with Crippen LogP contribution in [0.25, 0.3) is 0 Å². The van der Waals surface area contributed by atoms with E-state index in [4.69, 9.17) is 0 Å². The molecule has 3 heteroatoms. The molecule has 1 aliphatic rings. The van der Waals surface area contributed by atoms with Crippen LogP contribution in [0.4, 0.5) is 5.69 Å². The van der Waals surface area contributed by atoms with Crippen LogP contribution in [0.2, 0.25) is 0 Å². The predicted molar refractivity (Wildman–Crippen MR) is 65.3 cm³/mol. The summed E-state index contributed by atoms with van der Waals surface area (Å²) < 4.78 is 1.26. The van der Waals surface area contributed by atoms with E-state index < -0.39 is 0 Å². The van der Waals surface area contributed by atoms with E-state index in [2.05, 4.69) is 47.9 Å². The summed E-state index contributed by atoms with van der Waals surface area (Å²) >= 11 is 3.66. The maximum atomic E-state index is 4.12. The molecule has 0 fully saturated rings. The number of benzene rings is 1. The Morgan fingerprint density at radius 3 is 2.73 bits per heavy atom. The van der Waals surface area contributed by atoms with Gasteiger partial charge in [-0.05, 0) is 18.1 Å². The van der Waals surface area contributed by atoms with Gasteiger partial charge in [0.1, 0.15) is 5.69 Å². The number of rotatable bonds is 1. The zero-order chi connectivity index (χ0) is 11.0. The Morgan fingerprint density at radius 1 is 1.33 bits per heavy atom. The molecule has 2 rings (SSSR count).